The number of carboxylic acids is 1. The monoisotopic (exact) mass is 291 g/mol. The normalized spacial score (nSPS) is 11.8. The maximum absolute atomic E-state index is 12.1. The summed E-state index contributed by atoms with van der Waals surface area (Å²) in [5.41, 5.74) is 0.847. The van der Waals surface area contributed by atoms with Crippen LogP contribution in [0.3, 0.4) is 0 Å². The lowest BCUT2D eigenvalue weighted by Gasteiger charge is -2.30. The van der Waals surface area contributed by atoms with Gasteiger partial charge in [0, 0.05) is 6.54 Å². The number of carboxylic acid groups (broad SMARTS) is 1. The molecule has 21 heavy (non-hydrogen) atoms. The van der Waals surface area contributed by atoms with Gasteiger partial charge in [0.15, 0.2) is 0 Å². The van der Waals surface area contributed by atoms with E-state index >= 15 is 0 Å². The summed E-state index contributed by atoms with van der Waals surface area (Å²) in [7, 11) is 0. The van der Waals surface area contributed by atoms with Gasteiger partial charge < -0.3 is 9.84 Å². The molecule has 0 aliphatic rings. The molecule has 1 amide bonds. The Morgan fingerprint density at radius 1 is 1.33 bits per heavy atom. The van der Waals surface area contributed by atoms with Gasteiger partial charge in [-0.05, 0) is 11.5 Å². The van der Waals surface area contributed by atoms with Crippen molar-refractivity contribution in [3.63, 3.8) is 0 Å². The topological polar surface area (TPSA) is 66.8 Å². The van der Waals surface area contributed by atoms with Crippen LogP contribution in [0.25, 0.3) is 0 Å². The van der Waals surface area contributed by atoms with Crippen molar-refractivity contribution in [1.29, 1.82) is 0 Å². The van der Waals surface area contributed by atoms with E-state index in [0.29, 0.717) is 0 Å². The minimum Gasteiger partial charge on any atom is -0.480 e. The second-order valence-electron chi connectivity index (χ2n) is 5.01. The molecule has 114 valence electrons. The van der Waals surface area contributed by atoms with E-state index in [1.165, 1.54) is 11.0 Å². The fourth-order valence-electron chi connectivity index (χ4n) is 2.05. The summed E-state index contributed by atoms with van der Waals surface area (Å²) in [5.74, 6) is -1.28. The van der Waals surface area contributed by atoms with Crippen molar-refractivity contribution in [3.8, 4) is 0 Å². The number of carbonyl (C=O) groups excluding carboxylic acids is 1. The first-order chi connectivity index (χ1) is 9.97. The van der Waals surface area contributed by atoms with E-state index in [9.17, 15) is 14.7 Å². The molecule has 1 atom stereocenters. The summed E-state index contributed by atoms with van der Waals surface area (Å²) in [6, 6.07) is 8.28. The van der Waals surface area contributed by atoms with Gasteiger partial charge in [0.2, 0.25) is 0 Å². The summed E-state index contributed by atoms with van der Waals surface area (Å²) in [4.78, 5) is 24.9. The largest absolute Gasteiger partial charge is 0.480 e. The third-order valence-electron chi connectivity index (χ3n) is 2.98. The van der Waals surface area contributed by atoms with E-state index in [1.54, 1.807) is 13.8 Å². The molecule has 0 heterocycles. The van der Waals surface area contributed by atoms with E-state index < -0.39 is 18.1 Å². The van der Waals surface area contributed by atoms with Crippen molar-refractivity contribution in [2.75, 3.05) is 6.61 Å². The highest BCUT2D eigenvalue weighted by Crippen LogP contribution is 2.17. The lowest BCUT2D eigenvalue weighted by atomic mass is 10.0. The van der Waals surface area contributed by atoms with Crippen LogP contribution in [0, 0.1) is 5.92 Å². The van der Waals surface area contributed by atoms with Gasteiger partial charge in [0.1, 0.15) is 12.6 Å². The quantitative estimate of drug-likeness (QED) is 0.784. The zero-order valence-electron chi connectivity index (χ0n) is 12.4. The zero-order chi connectivity index (χ0) is 15.8. The molecule has 1 unspecified atom stereocenters. The molecule has 0 radical (unpaired) electrons. The Labute approximate surface area is 124 Å². The number of rotatable bonds is 7. The van der Waals surface area contributed by atoms with Crippen molar-refractivity contribution in [2.24, 2.45) is 5.92 Å². The van der Waals surface area contributed by atoms with Crippen LogP contribution in [-0.2, 0) is 16.1 Å². The maximum atomic E-state index is 12.1. The highest BCUT2D eigenvalue weighted by atomic mass is 16.6. The standard InChI is InChI=1S/C16H21NO4/c1-4-10-21-16(20)17(14(12(2)3)15(18)19)11-13-8-6-5-7-9-13/h4-9,12,14H,1,10-11H2,2-3H3,(H,18,19). The summed E-state index contributed by atoms with van der Waals surface area (Å²) >= 11 is 0. The van der Waals surface area contributed by atoms with Gasteiger partial charge in [0.25, 0.3) is 0 Å². The number of amides is 1. The zero-order valence-corrected chi connectivity index (χ0v) is 12.4. The van der Waals surface area contributed by atoms with E-state index in [1.807, 2.05) is 30.3 Å². The molecule has 0 spiro atoms. The Kier molecular flexibility index (Phi) is 6.46. The second kappa shape index (κ2) is 8.09. The number of ether oxygens (including phenoxy) is 1. The van der Waals surface area contributed by atoms with Gasteiger partial charge in [-0.1, -0.05) is 56.8 Å². The average Bonchev–Trinajstić information content (AvgIpc) is 2.44. The van der Waals surface area contributed by atoms with Gasteiger partial charge in [-0.3, -0.25) is 4.90 Å². The van der Waals surface area contributed by atoms with Gasteiger partial charge in [-0.2, -0.15) is 0 Å². The van der Waals surface area contributed by atoms with Crippen molar-refractivity contribution in [2.45, 2.75) is 26.4 Å². The first-order valence-corrected chi connectivity index (χ1v) is 6.78. The predicted octanol–water partition coefficient (Wildman–Crippen LogP) is 2.92. The minimum atomic E-state index is -1.04. The number of nitrogens with zero attached hydrogens (tertiary/aromatic N) is 1. The first kappa shape index (κ1) is 16.8. The molecule has 1 N–H and O–H groups in total. The number of aliphatic carboxylic acids is 1. The summed E-state index contributed by atoms with van der Waals surface area (Å²) in [5, 5.41) is 9.40. The SMILES string of the molecule is C=CCOC(=O)N(Cc1ccccc1)C(C(=O)O)C(C)C. The van der Waals surface area contributed by atoms with Gasteiger partial charge in [-0.15, -0.1) is 0 Å². The molecule has 5 nitrogen and oxygen atoms in total. The number of benzene rings is 1. The molecule has 0 fully saturated rings. The third-order valence-corrected chi connectivity index (χ3v) is 2.98. The Balaban J connectivity index is 3.00. The van der Waals surface area contributed by atoms with Gasteiger partial charge in [-0.25, -0.2) is 9.59 Å². The molecular formula is C16H21NO4. The number of hydrogen-bond donors (Lipinski definition) is 1. The lowest BCUT2D eigenvalue weighted by molar-refractivity contribution is -0.144. The van der Waals surface area contributed by atoms with Crippen LogP contribution in [0.15, 0.2) is 43.0 Å². The molecule has 1 aromatic rings. The molecule has 0 saturated carbocycles. The fraction of sp³-hybridized carbons (Fsp3) is 0.375. The van der Waals surface area contributed by atoms with Crippen LogP contribution in [0.2, 0.25) is 0 Å². The highest BCUT2D eigenvalue weighted by Gasteiger charge is 2.33. The molecular weight excluding hydrogens is 270 g/mol. The number of hydrogen-bond acceptors (Lipinski definition) is 3. The van der Waals surface area contributed by atoms with Crippen molar-refractivity contribution >= 4 is 12.1 Å². The van der Waals surface area contributed by atoms with Crippen molar-refractivity contribution < 1.29 is 19.4 Å². The summed E-state index contributed by atoms with van der Waals surface area (Å²) in [6.07, 6.45) is 0.795. The molecule has 0 aliphatic heterocycles. The molecule has 0 aromatic heterocycles. The van der Waals surface area contributed by atoms with Gasteiger partial charge in [0.05, 0.1) is 0 Å². The molecule has 0 saturated heterocycles. The second-order valence-corrected chi connectivity index (χ2v) is 5.01. The first-order valence-electron chi connectivity index (χ1n) is 6.78. The predicted molar refractivity (Wildman–Crippen MR) is 79.8 cm³/mol. The van der Waals surface area contributed by atoms with E-state index in [-0.39, 0.29) is 19.1 Å². The summed E-state index contributed by atoms with van der Waals surface area (Å²) < 4.78 is 5.01. The smallest absolute Gasteiger partial charge is 0.411 e. The highest BCUT2D eigenvalue weighted by molar-refractivity contribution is 5.80. The minimum absolute atomic E-state index is 0.0502. The summed E-state index contributed by atoms with van der Waals surface area (Å²) in [6.45, 7) is 7.24. The average molecular weight is 291 g/mol. The Morgan fingerprint density at radius 3 is 2.43 bits per heavy atom. The molecule has 5 heteroatoms. The molecule has 0 aliphatic carbocycles. The molecule has 0 bridgehead atoms. The maximum Gasteiger partial charge on any atom is 0.411 e. The number of carbonyl (C=O) groups is 2. The molecule has 1 aromatic carbocycles. The Bertz CT molecular complexity index is 484. The van der Waals surface area contributed by atoms with Crippen LogP contribution in [-0.4, -0.2) is 34.7 Å². The Hall–Kier alpha value is -2.30. The van der Waals surface area contributed by atoms with Crippen LogP contribution in [0.4, 0.5) is 4.79 Å². The van der Waals surface area contributed by atoms with Crippen LogP contribution >= 0.6 is 0 Å². The Morgan fingerprint density at radius 2 is 1.95 bits per heavy atom. The van der Waals surface area contributed by atoms with Gasteiger partial charge >= 0.3 is 12.1 Å². The fourth-order valence-corrected chi connectivity index (χ4v) is 2.05. The van der Waals surface area contributed by atoms with Crippen LogP contribution in [0.1, 0.15) is 19.4 Å². The van der Waals surface area contributed by atoms with Crippen molar-refractivity contribution in [1.82, 2.24) is 4.90 Å². The third kappa shape index (κ3) is 4.95. The van der Waals surface area contributed by atoms with E-state index in [2.05, 4.69) is 6.58 Å². The van der Waals surface area contributed by atoms with E-state index in [4.69, 9.17) is 4.74 Å². The van der Waals surface area contributed by atoms with Crippen molar-refractivity contribution in [3.05, 3.63) is 48.6 Å². The van der Waals surface area contributed by atoms with Crippen LogP contribution < -0.4 is 0 Å². The van der Waals surface area contributed by atoms with E-state index in [0.717, 1.165) is 5.56 Å². The molecule has 1 rings (SSSR count). The van der Waals surface area contributed by atoms with Crippen LogP contribution in [0.5, 0.6) is 0 Å². The lowest BCUT2D eigenvalue weighted by Crippen LogP contribution is -2.47.